The molecule has 0 unspecified atom stereocenters. The molecule has 10 aliphatic rings. The number of nitrogens with zero attached hydrogens (tertiary/aromatic N) is 1. The summed E-state index contributed by atoms with van der Waals surface area (Å²) in [5.74, 6) is 3.68. The molecule has 0 radical (unpaired) electrons. The number of nitrogens with one attached hydrogen (secondary N) is 2. The molecular formula is C73H167N3O5S2. The number of thioether (sulfide) groups is 1. The summed E-state index contributed by atoms with van der Waals surface area (Å²) in [5, 5.41) is 3.28. The average Bonchev–Trinajstić information content (AvgIpc) is 4.48. The number of sulfone groups is 1. The minimum atomic E-state index is -2.58. The van der Waals surface area contributed by atoms with E-state index >= 15 is 0 Å². The quantitative estimate of drug-likeness (QED) is 0.265. The molecule has 6 aliphatic heterocycles. The first-order chi connectivity index (χ1) is 41.2. The number of aromatic amines is 1. The Hall–Kier alpha value is -0.650. The Kier molecular flexibility index (Phi) is 169. The molecule has 0 amide bonds. The van der Waals surface area contributed by atoms with Crippen LogP contribution in [0.4, 0.5) is 0 Å². The number of hydrogen-bond donors (Lipinski definition) is 2. The zero-order chi connectivity index (χ0) is 65.5. The lowest BCUT2D eigenvalue weighted by atomic mass is 10.0. The van der Waals surface area contributed by atoms with Gasteiger partial charge < -0.3 is 24.5 Å². The number of aromatic nitrogens is 2. The monoisotopic (exact) mass is 1230 g/mol. The Labute approximate surface area is 534 Å². The van der Waals surface area contributed by atoms with Crippen LogP contribution in [-0.4, -0.2) is 94.1 Å². The highest BCUT2D eigenvalue weighted by molar-refractivity contribution is 7.99. The molecule has 0 spiro atoms. The van der Waals surface area contributed by atoms with Crippen LogP contribution < -0.4 is 5.32 Å². The van der Waals surface area contributed by atoms with Crippen molar-refractivity contribution in [2.45, 2.75) is 383 Å². The van der Waals surface area contributed by atoms with Crippen LogP contribution in [-0.2, 0) is 24.0 Å². The smallest absolute Gasteiger partial charge is 0.150 e. The van der Waals surface area contributed by atoms with Gasteiger partial charge in [-0.1, -0.05) is 306 Å². The van der Waals surface area contributed by atoms with Gasteiger partial charge in [-0.05, 0) is 102 Å². The van der Waals surface area contributed by atoms with Gasteiger partial charge in [0, 0.05) is 52.0 Å². The second-order valence-electron chi connectivity index (χ2n) is 17.8. The van der Waals surface area contributed by atoms with Crippen molar-refractivity contribution in [3.05, 3.63) is 18.7 Å². The van der Waals surface area contributed by atoms with Crippen LogP contribution in [0.1, 0.15) is 383 Å². The molecule has 0 bridgehead atoms. The molecule has 0 aromatic carbocycles. The molecule has 4 saturated carbocycles. The molecule has 0 atom stereocenters. The number of imidazole rings is 1. The second-order valence-corrected chi connectivity index (χ2v) is 21.4. The van der Waals surface area contributed by atoms with Gasteiger partial charge in [-0.25, -0.2) is 13.4 Å². The van der Waals surface area contributed by atoms with Gasteiger partial charge in [0.15, 0.2) is 0 Å². The maximum Gasteiger partial charge on any atom is 0.150 e. The van der Waals surface area contributed by atoms with Crippen molar-refractivity contribution in [3.8, 4) is 0 Å². The minimum Gasteiger partial charge on any atom is -0.381 e. The van der Waals surface area contributed by atoms with Gasteiger partial charge in [0.2, 0.25) is 0 Å². The Morgan fingerprint density at radius 2 is 0.530 bits per heavy atom. The van der Waals surface area contributed by atoms with Crippen molar-refractivity contribution >= 4 is 21.6 Å². The number of ether oxygens (including phenoxy) is 3. The third-order valence-corrected chi connectivity index (χ3v) is 14.8. The summed E-state index contributed by atoms with van der Waals surface area (Å²) in [4.78, 5) is 6.42. The molecule has 1 aromatic heterocycles. The standard InChI is InChI=1S/2C6H12.C5H11N.C5H10O2S.C5H10O.C5H10S.C5H10.C4H8O.C4H8.C3H4N2.C3H6O.11C2H6/c3*1-2-4-6-5-3-1;6-8(7)4-2-1-3-5-8;2*1-2-4-6-5-3-1;2*1-2-4-5-3-1;1-2-4-3-1;1-2-5-3-4-1;1-2-4-3-1;11*1-2/h2*1-6H2;6H,1-5H2;1-5H2;2*1-5H2;1-5H2;1-4H2;1-4H2;1-3H,(H,4,5);1-3H2;11*1-2H3. The summed E-state index contributed by atoms with van der Waals surface area (Å²) < 4.78 is 36.0. The third kappa shape index (κ3) is 132. The lowest BCUT2D eigenvalue weighted by molar-refractivity contribution is 0.0367. The van der Waals surface area contributed by atoms with Crippen molar-refractivity contribution in [3.63, 3.8) is 0 Å². The molecule has 516 valence electrons. The zero-order valence-corrected chi connectivity index (χ0v) is 63.6. The molecule has 8 nitrogen and oxygen atoms in total. The predicted molar refractivity (Wildman–Crippen MR) is 391 cm³/mol. The number of H-pyrrole nitrogens is 1. The van der Waals surface area contributed by atoms with Crippen LogP contribution in [0, 0.1) is 0 Å². The third-order valence-electron chi connectivity index (χ3n) is 11.8. The highest BCUT2D eigenvalue weighted by Gasteiger charge is 2.14. The Bertz CT molecular complexity index is 804. The van der Waals surface area contributed by atoms with Crippen LogP contribution in [0.15, 0.2) is 18.7 Å². The van der Waals surface area contributed by atoms with Crippen molar-refractivity contribution < 1.29 is 22.6 Å². The van der Waals surface area contributed by atoms with Crippen molar-refractivity contribution in [1.82, 2.24) is 15.3 Å². The van der Waals surface area contributed by atoms with Crippen molar-refractivity contribution in [1.29, 1.82) is 0 Å². The van der Waals surface area contributed by atoms with Gasteiger partial charge in [-0.2, -0.15) is 11.8 Å². The van der Waals surface area contributed by atoms with E-state index in [-0.39, 0.29) is 0 Å². The molecular weight excluding hydrogens is 1060 g/mol. The fourth-order valence-corrected chi connectivity index (χ4v) is 9.74. The minimum absolute atomic E-state index is 0.424. The molecule has 7 heterocycles. The zero-order valence-electron chi connectivity index (χ0n) is 62.0. The maximum atomic E-state index is 10.7. The van der Waals surface area contributed by atoms with Crippen LogP contribution in [0.2, 0.25) is 0 Å². The van der Waals surface area contributed by atoms with Gasteiger partial charge in [0.25, 0.3) is 0 Å². The van der Waals surface area contributed by atoms with E-state index in [1.165, 1.54) is 236 Å². The largest absolute Gasteiger partial charge is 0.381 e. The highest BCUT2D eigenvalue weighted by Crippen LogP contribution is 2.17. The summed E-state index contributed by atoms with van der Waals surface area (Å²) in [7, 11) is -2.58. The van der Waals surface area contributed by atoms with Crippen LogP contribution >= 0.6 is 11.8 Å². The van der Waals surface area contributed by atoms with Crippen molar-refractivity contribution in [2.75, 3.05) is 75.7 Å². The van der Waals surface area contributed by atoms with E-state index in [1.807, 2.05) is 152 Å². The van der Waals surface area contributed by atoms with E-state index in [1.54, 1.807) is 18.7 Å². The fraction of sp³-hybridized carbons (Fsp3) is 0.959. The van der Waals surface area contributed by atoms with E-state index in [0.717, 1.165) is 58.9 Å². The summed E-state index contributed by atoms with van der Waals surface area (Å²) >= 11 is 2.09. The Morgan fingerprint density at radius 3 is 0.627 bits per heavy atom. The van der Waals surface area contributed by atoms with Gasteiger partial charge in [0.1, 0.15) is 9.84 Å². The summed E-state index contributed by atoms with van der Waals surface area (Å²) in [6.07, 6.45) is 55.8. The van der Waals surface area contributed by atoms with E-state index in [2.05, 4.69) is 27.0 Å². The highest BCUT2D eigenvalue weighted by atomic mass is 32.2. The van der Waals surface area contributed by atoms with E-state index in [4.69, 9.17) is 14.2 Å². The number of rotatable bonds is 0. The van der Waals surface area contributed by atoms with E-state index < -0.39 is 9.84 Å². The van der Waals surface area contributed by atoms with Crippen LogP contribution in [0.3, 0.4) is 0 Å². The molecule has 1 aromatic rings. The molecule has 83 heavy (non-hydrogen) atoms. The number of piperidine rings is 1. The van der Waals surface area contributed by atoms with Gasteiger partial charge in [0.05, 0.1) is 17.8 Å². The molecule has 4 aliphatic carbocycles. The summed E-state index contributed by atoms with van der Waals surface area (Å²) in [5.41, 5.74) is 0. The van der Waals surface area contributed by atoms with Crippen LogP contribution in [0.25, 0.3) is 0 Å². The summed E-state index contributed by atoms with van der Waals surface area (Å²) in [6, 6.07) is 0. The second kappa shape index (κ2) is 131. The van der Waals surface area contributed by atoms with Gasteiger partial charge >= 0.3 is 0 Å². The molecule has 6 saturated heterocycles. The summed E-state index contributed by atoms with van der Waals surface area (Å²) in [6.45, 7) is 52.5. The maximum absolute atomic E-state index is 10.7. The fourth-order valence-electron chi connectivity index (χ4n) is 7.22. The molecule has 2 N–H and O–H groups in total. The van der Waals surface area contributed by atoms with Crippen LogP contribution in [0.5, 0.6) is 0 Å². The van der Waals surface area contributed by atoms with E-state index in [9.17, 15) is 8.42 Å². The molecule has 11 rings (SSSR count). The SMILES string of the molecule is C1CCC1.C1CCCC1.C1CCCCC1.C1CCCCC1.C1CCNCC1.C1CCOC1.C1CCOCC1.C1CCSCC1.C1COC1.CC.CC.CC.CC.CC.CC.CC.CC.CC.CC.CC.O=S1(=O)CCCCC1.c1c[nH]cn1. The molecule has 10 heteroatoms. The van der Waals surface area contributed by atoms with E-state index in [0.29, 0.717) is 11.5 Å². The lowest BCUT2D eigenvalue weighted by Crippen LogP contribution is -2.21. The predicted octanol–water partition coefficient (Wildman–Crippen LogP) is 25.5. The number of hydrogen-bond acceptors (Lipinski definition) is 8. The average molecular weight is 1230 g/mol. The topological polar surface area (TPSA) is 103 Å². The van der Waals surface area contributed by atoms with Gasteiger partial charge in [-0.3, -0.25) is 0 Å². The van der Waals surface area contributed by atoms with Gasteiger partial charge in [-0.15, -0.1) is 0 Å². The Balaban J connectivity index is -0.0000000741. The molecule has 10 fully saturated rings. The lowest BCUT2D eigenvalue weighted by Gasteiger charge is -2.09. The first-order valence-corrected chi connectivity index (χ1v) is 40.3. The Morgan fingerprint density at radius 1 is 0.301 bits per heavy atom. The van der Waals surface area contributed by atoms with Crippen molar-refractivity contribution in [2.24, 2.45) is 0 Å². The normalized spacial score (nSPS) is 17.8. The first-order valence-electron chi connectivity index (χ1n) is 37.4. The first kappa shape index (κ1) is 107.